The van der Waals surface area contributed by atoms with Gasteiger partial charge in [0.25, 0.3) is 5.91 Å². The number of nitrogens with zero attached hydrogens (tertiary/aromatic N) is 3. The predicted octanol–water partition coefficient (Wildman–Crippen LogP) is 1.69. The topological polar surface area (TPSA) is 53.1 Å². The Bertz CT molecular complexity index is 530. The van der Waals surface area contributed by atoms with Gasteiger partial charge in [-0.2, -0.15) is 0 Å². The Morgan fingerprint density at radius 3 is 2.58 bits per heavy atom. The highest BCUT2D eigenvalue weighted by Crippen LogP contribution is 2.43. The van der Waals surface area contributed by atoms with E-state index in [1.165, 1.54) is 24.2 Å². The molecule has 3 saturated heterocycles. The van der Waals surface area contributed by atoms with E-state index in [2.05, 4.69) is 18.7 Å². The fourth-order valence-electron chi connectivity index (χ4n) is 5.17. The Labute approximate surface area is 144 Å². The Morgan fingerprint density at radius 1 is 1.12 bits per heavy atom. The third-order valence-electron chi connectivity index (χ3n) is 6.50. The summed E-state index contributed by atoms with van der Waals surface area (Å²) in [5.41, 5.74) is -0.208. The minimum Gasteiger partial charge on any atom is -0.379 e. The molecule has 3 amide bonds. The van der Waals surface area contributed by atoms with Crippen molar-refractivity contribution in [3.05, 3.63) is 0 Å². The molecule has 0 spiro atoms. The zero-order valence-electron chi connectivity index (χ0n) is 14.9. The highest BCUT2D eigenvalue weighted by atomic mass is 16.5. The van der Waals surface area contributed by atoms with Gasteiger partial charge in [-0.05, 0) is 39.0 Å². The first kappa shape index (κ1) is 16.3. The van der Waals surface area contributed by atoms with Crippen LogP contribution in [0.25, 0.3) is 0 Å². The Hall–Kier alpha value is -1.14. The van der Waals surface area contributed by atoms with E-state index in [1.54, 1.807) is 0 Å². The minimum atomic E-state index is -0.208. The van der Waals surface area contributed by atoms with E-state index in [1.807, 2.05) is 4.90 Å². The number of hydrogen-bond donors (Lipinski definition) is 0. The molecule has 3 heterocycles. The van der Waals surface area contributed by atoms with Crippen molar-refractivity contribution in [2.75, 3.05) is 32.8 Å². The molecule has 0 aromatic carbocycles. The van der Waals surface area contributed by atoms with Crippen molar-refractivity contribution in [1.29, 1.82) is 0 Å². The molecule has 24 heavy (non-hydrogen) atoms. The summed E-state index contributed by atoms with van der Waals surface area (Å²) in [4.78, 5) is 31.7. The molecule has 0 aromatic rings. The zero-order chi connectivity index (χ0) is 16.9. The molecule has 3 atom stereocenters. The fraction of sp³-hybridized carbons (Fsp3) is 0.889. The van der Waals surface area contributed by atoms with Crippen molar-refractivity contribution in [2.24, 2.45) is 5.92 Å². The van der Waals surface area contributed by atoms with Crippen molar-refractivity contribution >= 4 is 11.9 Å². The van der Waals surface area contributed by atoms with Gasteiger partial charge in [-0.25, -0.2) is 4.79 Å². The molecule has 1 aliphatic carbocycles. The van der Waals surface area contributed by atoms with Gasteiger partial charge in [-0.3, -0.25) is 14.6 Å². The molecule has 0 aromatic heterocycles. The molecule has 4 fully saturated rings. The van der Waals surface area contributed by atoms with Crippen LogP contribution < -0.4 is 0 Å². The van der Waals surface area contributed by atoms with Crippen LogP contribution in [0.4, 0.5) is 4.79 Å². The molecule has 0 N–H and O–H groups in total. The van der Waals surface area contributed by atoms with Gasteiger partial charge in [0.05, 0.1) is 13.2 Å². The molecular formula is C18H29N3O3. The van der Waals surface area contributed by atoms with Crippen molar-refractivity contribution in [3.63, 3.8) is 0 Å². The molecule has 0 unspecified atom stereocenters. The van der Waals surface area contributed by atoms with Crippen LogP contribution in [0.5, 0.6) is 0 Å². The molecule has 6 nitrogen and oxygen atoms in total. The minimum absolute atomic E-state index is 0.0377. The number of hydrogen-bond acceptors (Lipinski definition) is 4. The lowest BCUT2D eigenvalue weighted by molar-refractivity contribution is -0.129. The third kappa shape index (κ3) is 2.54. The van der Waals surface area contributed by atoms with Crippen LogP contribution in [-0.2, 0) is 9.53 Å². The van der Waals surface area contributed by atoms with Crippen LogP contribution in [-0.4, -0.2) is 77.1 Å². The number of amides is 3. The van der Waals surface area contributed by atoms with E-state index in [0.717, 1.165) is 39.1 Å². The summed E-state index contributed by atoms with van der Waals surface area (Å²) >= 11 is 0. The highest BCUT2D eigenvalue weighted by Gasteiger charge is 2.56. The summed E-state index contributed by atoms with van der Waals surface area (Å²) in [6, 6.07) is 0.0727. The van der Waals surface area contributed by atoms with Crippen molar-refractivity contribution in [1.82, 2.24) is 14.7 Å². The van der Waals surface area contributed by atoms with Gasteiger partial charge in [-0.1, -0.05) is 12.8 Å². The number of carbonyl (C=O) groups is 2. The molecule has 0 bridgehead atoms. The number of morpholine rings is 1. The summed E-state index contributed by atoms with van der Waals surface area (Å²) in [5.74, 6) is 0.585. The average Bonchev–Trinajstić information content (AvgIpc) is 3.07. The monoisotopic (exact) mass is 335 g/mol. The Morgan fingerprint density at radius 2 is 1.83 bits per heavy atom. The molecule has 1 saturated carbocycles. The highest BCUT2D eigenvalue weighted by molar-refractivity contribution is 6.05. The van der Waals surface area contributed by atoms with Gasteiger partial charge in [-0.15, -0.1) is 0 Å². The number of rotatable bonds is 3. The third-order valence-corrected chi connectivity index (χ3v) is 6.50. The molecule has 4 aliphatic rings. The number of fused-ring (bicyclic) bond motifs is 3. The first-order chi connectivity index (χ1) is 11.5. The SMILES string of the molecule is CC(C)(CN1C(=O)[C@@H]2C[C@@H]3CCCC[C@H]3N2C1=O)N1CCOCC1. The van der Waals surface area contributed by atoms with E-state index < -0.39 is 0 Å². The lowest BCUT2D eigenvalue weighted by Crippen LogP contribution is -2.56. The molecule has 6 heteroatoms. The van der Waals surface area contributed by atoms with E-state index in [0.29, 0.717) is 18.5 Å². The van der Waals surface area contributed by atoms with Crippen molar-refractivity contribution < 1.29 is 14.3 Å². The normalized spacial score (nSPS) is 34.7. The summed E-state index contributed by atoms with van der Waals surface area (Å²) in [6.07, 6.45) is 5.56. The Balaban J connectivity index is 1.49. The van der Waals surface area contributed by atoms with Crippen molar-refractivity contribution in [3.8, 4) is 0 Å². The molecule has 134 valence electrons. The van der Waals surface area contributed by atoms with Gasteiger partial charge in [0, 0.05) is 31.2 Å². The van der Waals surface area contributed by atoms with Gasteiger partial charge in [0.2, 0.25) is 0 Å². The zero-order valence-corrected chi connectivity index (χ0v) is 14.9. The van der Waals surface area contributed by atoms with E-state index in [9.17, 15) is 9.59 Å². The van der Waals surface area contributed by atoms with E-state index in [4.69, 9.17) is 4.74 Å². The standard InChI is InChI=1S/C18H29N3O3/c1-18(2,19-7-9-24-10-8-19)12-20-16(22)15-11-13-5-3-4-6-14(13)21(15)17(20)23/h13-15H,3-12H2,1-2H3/t13-,14+,15-/m0/s1. The second kappa shape index (κ2) is 5.99. The maximum atomic E-state index is 13.0. The number of imide groups is 1. The fourth-order valence-corrected chi connectivity index (χ4v) is 5.17. The average molecular weight is 335 g/mol. The van der Waals surface area contributed by atoms with Gasteiger partial charge in [0.1, 0.15) is 6.04 Å². The van der Waals surface area contributed by atoms with Gasteiger partial charge < -0.3 is 9.64 Å². The first-order valence-corrected chi connectivity index (χ1v) is 9.45. The summed E-state index contributed by atoms with van der Waals surface area (Å²) in [5, 5.41) is 0. The second-order valence-corrected chi connectivity index (χ2v) is 8.39. The molecule has 3 aliphatic heterocycles. The van der Waals surface area contributed by atoms with Gasteiger partial charge in [0.15, 0.2) is 0 Å². The largest absolute Gasteiger partial charge is 0.379 e. The van der Waals surface area contributed by atoms with Crippen molar-refractivity contribution in [2.45, 2.75) is 63.6 Å². The molecular weight excluding hydrogens is 306 g/mol. The lowest BCUT2D eigenvalue weighted by Gasteiger charge is -2.42. The summed E-state index contributed by atoms with van der Waals surface area (Å²) < 4.78 is 5.43. The van der Waals surface area contributed by atoms with Crippen LogP contribution >= 0.6 is 0 Å². The van der Waals surface area contributed by atoms with Crippen LogP contribution in [0.15, 0.2) is 0 Å². The predicted molar refractivity (Wildman–Crippen MR) is 89.6 cm³/mol. The number of urea groups is 1. The smallest absolute Gasteiger partial charge is 0.327 e. The first-order valence-electron chi connectivity index (χ1n) is 9.45. The van der Waals surface area contributed by atoms with Crippen LogP contribution in [0.2, 0.25) is 0 Å². The number of ether oxygens (including phenoxy) is 1. The Kier molecular flexibility index (Phi) is 4.07. The number of carbonyl (C=O) groups excluding carboxylic acids is 2. The summed E-state index contributed by atoms with van der Waals surface area (Å²) in [6.45, 7) is 7.92. The molecule has 4 rings (SSSR count). The maximum absolute atomic E-state index is 13.0. The van der Waals surface area contributed by atoms with E-state index >= 15 is 0 Å². The summed E-state index contributed by atoms with van der Waals surface area (Å²) in [7, 11) is 0. The maximum Gasteiger partial charge on any atom is 0.327 e. The second-order valence-electron chi connectivity index (χ2n) is 8.39. The van der Waals surface area contributed by atoms with Gasteiger partial charge >= 0.3 is 6.03 Å². The van der Waals surface area contributed by atoms with Crippen LogP contribution in [0, 0.1) is 5.92 Å². The lowest BCUT2D eigenvalue weighted by atomic mass is 9.84. The van der Waals surface area contributed by atoms with Crippen LogP contribution in [0.1, 0.15) is 46.0 Å². The van der Waals surface area contributed by atoms with E-state index in [-0.39, 0.29) is 23.5 Å². The molecule has 0 radical (unpaired) electrons. The quantitative estimate of drug-likeness (QED) is 0.737. The van der Waals surface area contributed by atoms with Crippen LogP contribution in [0.3, 0.4) is 0 Å².